The van der Waals surface area contributed by atoms with E-state index in [2.05, 4.69) is 15.0 Å². The largest absolute Gasteiger partial charge is 0.496 e. The topological polar surface area (TPSA) is 118 Å². The highest BCUT2D eigenvalue weighted by Gasteiger charge is 2.30. The highest BCUT2D eigenvalue weighted by Crippen LogP contribution is 2.38. The van der Waals surface area contributed by atoms with E-state index in [4.69, 9.17) is 18.7 Å². The number of ether oxygens (including phenoxy) is 3. The van der Waals surface area contributed by atoms with Crippen molar-refractivity contribution in [1.82, 2.24) is 14.9 Å². The molecule has 0 bridgehead atoms. The van der Waals surface area contributed by atoms with E-state index in [0.717, 1.165) is 5.56 Å². The zero-order chi connectivity index (χ0) is 26.2. The maximum absolute atomic E-state index is 13.3. The van der Waals surface area contributed by atoms with Gasteiger partial charge in [-0.05, 0) is 35.9 Å². The minimum Gasteiger partial charge on any atom is -0.496 e. The van der Waals surface area contributed by atoms with Gasteiger partial charge in [0, 0.05) is 36.9 Å². The van der Waals surface area contributed by atoms with Gasteiger partial charge in [0.05, 0.1) is 20.8 Å². The van der Waals surface area contributed by atoms with Gasteiger partial charge in [0.1, 0.15) is 33.6 Å². The summed E-state index contributed by atoms with van der Waals surface area (Å²) < 4.78 is 77.7. The number of fused-ring (bicyclic) bond motifs is 1. The number of hydrogen-bond acceptors (Lipinski definition) is 8. The summed E-state index contributed by atoms with van der Waals surface area (Å²) >= 11 is 0. The fourth-order valence-electron chi connectivity index (χ4n) is 4.04. The lowest BCUT2D eigenvalue weighted by molar-refractivity contribution is 0.153. The van der Waals surface area contributed by atoms with Crippen LogP contribution >= 0.6 is 0 Å². The molecule has 0 atom stereocenters. The summed E-state index contributed by atoms with van der Waals surface area (Å²) in [5.41, 5.74) is 1.21. The van der Waals surface area contributed by atoms with Crippen LogP contribution in [0.4, 0.5) is 14.6 Å². The van der Waals surface area contributed by atoms with E-state index in [9.17, 15) is 17.2 Å². The Hall–Kier alpha value is -4.13. The van der Waals surface area contributed by atoms with Crippen molar-refractivity contribution in [2.45, 2.75) is 30.4 Å². The maximum Gasteiger partial charge on any atom is 0.269 e. The quantitative estimate of drug-likeness (QED) is 0.333. The molecule has 0 saturated heterocycles. The Morgan fingerprint density at radius 2 is 1.95 bits per heavy atom. The van der Waals surface area contributed by atoms with Crippen molar-refractivity contribution in [1.29, 1.82) is 0 Å². The number of methoxy groups -OCH3 is 2. The van der Waals surface area contributed by atoms with E-state index in [1.807, 2.05) is 6.20 Å². The molecular formula is C24H22F2N4O6S. The van der Waals surface area contributed by atoms with E-state index in [-0.39, 0.29) is 34.9 Å². The Morgan fingerprint density at radius 1 is 1.16 bits per heavy atom. The van der Waals surface area contributed by atoms with Gasteiger partial charge in [-0.15, -0.1) is 0 Å². The molecule has 1 saturated carbocycles. The van der Waals surface area contributed by atoms with Gasteiger partial charge in [-0.25, -0.2) is 8.42 Å². The lowest BCUT2D eigenvalue weighted by atomic mass is 9.90. The molecule has 4 aromatic rings. The second-order valence-electron chi connectivity index (χ2n) is 8.34. The van der Waals surface area contributed by atoms with Gasteiger partial charge in [0.15, 0.2) is 11.4 Å². The van der Waals surface area contributed by atoms with E-state index >= 15 is 0 Å². The van der Waals surface area contributed by atoms with Gasteiger partial charge in [0.2, 0.25) is 0 Å². The molecule has 1 aliphatic carbocycles. The number of sulfonamides is 1. The Bertz CT molecular complexity index is 1570. The van der Waals surface area contributed by atoms with Crippen LogP contribution in [0.5, 0.6) is 17.2 Å². The lowest BCUT2D eigenvalue weighted by Gasteiger charge is -2.29. The fourth-order valence-corrected chi connectivity index (χ4v) is 5.20. The van der Waals surface area contributed by atoms with Crippen LogP contribution in [0.15, 0.2) is 69.9 Å². The number of benzene rings is 2. The van der Waals surface area contributed by atoms with Crippen LogP contribution in [-0.2, 0) is 16.6 Å². The molecule has 0 spiro atoms. The monoisotopic (exact) mass is 532 g/mol. The summed E-state index contributed by atoms with van der Waals surface area (Å²) in [4.78, 5) is -0.170. The summed E-state index contributed by atoms with van der Waals surface area (Å²) in [6.45, 7) is 0.452. The number of anilines is 1. The molecule has 13 heteroatoms. The Kier molecular flexibility index (Phi) is 6.46. The van der Waals surface area contributed by atoms with Crippen molar-refractivity contribution in [2.75, 3.05) is 18.9 Å². The predicted molar refractivity (Wildman–Crippen MR) is 129 cm³/mol. The SMILES string of the molecule is COc1cc(OC2CC(=C(F)F)C2)ccc1S(=O)(=O)Nc1noc2cc(Cn3cccn3)cc(OC)c12. The first-order valence-electron chi connectivity index (χ1n) is 11.1. The number of hydrogen-bond donors (Lipinski definition) is 1. The van der Waals surface area contributed by atoms with Gasteiger partial charge in [0.25, 0.3) is 16.1 Å². The zero-order valence-electron chi connectivity index (χ0n) is 19.8. The van der Waals surface area contributed by atoms with E-state index in [1.54, 1.807) is 29.1 Å². The minimum absolute atomic E-state index is 0.0121. The Labute approximate surface area is 210 Å². The molecule has 0 radical (unpaired) electrons. The molecule has 194 valence electrons. The first kappa shape index (κ1) is 24.6. The first-order valence-corrected chi connectivity index (χ1v) is 12.6. The third-order valence-electron chi connectivity index (χ3n) is 5.90. The van der Waals surface area contributed by atoms with Gasteiger partial charge in [-0.3, -0.25) is 9.40 Å². The molecule has 1 N–H and O–H groups in total. The summed E-state index contributed by atoms with van der Waals surface area (Å²) in [5, 5.41) is 8.43. The number of aromatic nitrogens is 3. The first-order chi connectivity index (χ1) is 17.8. The third kappa shape index (κ3) is 4.94. The number of nitrogens with zero attached hydrogens (tertiary/aromatic N) is 3. The van der Waals surface area contributed by atoms with Gasteiger partial charge < -0.3 is 18.7 Å². The second-order valence-corrected chi connectivity index (χ2v) is 9.99. The number of rotatable bonds is 9. The molecule has 0 unspecified atom stereocenters. The third-order valence-corrected chi connectivity index (χ3v) is 7.27. The highest BCUT2D eigenvalue weighted by molar-refractivity contribution is 7.92. The fraction of sp³-hybridized carbons (Fsp3) is 0.250. The van der Waals surface area contributed by atoms with Crippen LogP contribution in [0.1, 0.15) is 18.4 Å². The van der Waals surface area contributed by atoms with Gasteiger partial charge >= 0.3 is 0 Å². The van der Waals surface area contributed by atoms with Crippen LogP contribution in [0, 0.1) is 0 Å². The predicted octanol–water partition coefficient (Wildman–Crippen LogP) is 4.58. The smallest absolute Gasteiger partial charge is 0.269 e. The zero-order valence-corrected chi connectivity index (χ0v) is 20.6. The van der Waals surface area contributed by atoms with E-state index in [1.165, 1.54) is 32.4 Å². The van der Waals surface area contributed by atoms with Crippen LogP contribution in [0.3, 0.4) is 0 Å². The molecular weight excluding hydrogens is 510 g/mol. The molecule has 0 amide bonds. The molecule has 0 aliphatic heterocycles. The summed E-state index contributed by atoms with van der Waals surface area (Å²) in [7, 11) is -1.40. The Morgan fingerprint density at radius 3 is 2.62 bits per heavy atom. The minimum atomic E-state index is -4.18. The standard InChI is InChI=1S/C24H22F2N4O6S/c1-33-18-12-16(35-17-10-15(11-17)23(25)26)4-5-21(18)37(31,32)29-24-22-19(34-2)8-14(9-20(22)36-28-24)13-30-7-3-6-27-30/h3-9,12,17H,10-11,13H2,1-2H3,(H,28,29). The second kappa shape index (κ2) is 9.73. The molecule has 10 nitrogen and oxygen atoms in total. The highest BCUT2D eigenvalue weighted by atomic mass is 32.2. The normalized spacial score (nSPS) is 15.4. The summed E-state index contributed by atoms with van der Waals surface area (Å²) in [6.07, 6.45) is 1.63. The summed E-state index contributed by atoms with van der Waals surface area (Å²) in [5.74, 6) is 0.630. The molecule has 2 aromatic heterocycles. The number of halogens is 2. The van der Waals surface area contributed by atoms with Crippen LogP contribution < -0.4 is 18.9 Å². The van der Waals surface area contributed by atoms with Crippen molar-refractivity contribution in [3.63, 3.8) is 0 Å². The van der Waals surface area contributed by atoms with Crippen molar-refractivity contribution in [2.24, 2.45) is 0 Å². The molecule has 5 rings (SSSR count). The average Bonchev–Trinajstić information content (AvgIpc) is 3.50. The van der Waals surface area contributed by atoms with Crippen LogP contribution in [0.2, 0.25) is 0 Å². The van der Waals surface area contributed by atoms with Crippen molar-refractivity contribution in [3.05, 3.63) is 66.0 Å². The molecule has 2 heterocycles. The van der Waals surface area contributed by atoms with Gasteiger partial charge in [-0.1, -0.05) is 5.16 Å². The lowest BCUT2D eigenvalue weighted by Crippen LogP contribution is -2.27. The van der Waals surface area contributed by atoms with Crippen molar-refractivity contribution >= 4 is 26.8 Å². The average molecular weight is 533 g/mol. The van der Waals surface area contributed by atoms with Crippen LogP contribution in [0.25, 0.3) is 11.0 Å². The van der Waals surface area contributed by atoms with Crippen molar-refractivity contribution in [3.8, 4) is 17.2 Å². The van der Waals surface area contributed by atoms with E-state index < -0.39 is 22.2 Å². The molecule has 1 aliphatic rings. The Balaban J connectivity index is 1.39. The molecule has 2 aromatic carbocycles. The van der Waals surface area contributed by atoms with Crippen LogP contribution in [-0.4, -0.2) is 43.7 Å². The molecule has 1 fully saturated rings. The maximum atomic E-state index is 13.3. The van der Waals surface area contributed by atoms with E-state index in [0.29, 0.717) is 29.0 Å². The van der Waals surface area contributed by atoms with Crippen molar-refractivity contribution < 1.29 is 35.9 Å². The van der Waals surface area contributed by atoms with Gasteiger partial charge in [-0.2, -0.15) is 13.9 Å². The summed E-state index contributed by atoms with van der Waals surface area (Å²) in [6, 6.07) is 9.43. The number of nitrogens with one attached hydrogen (secondary N) is 1. The molecule has 37 heavy (non-hydrogen) atoms.